The second kappa shape index (κ2) is 11.7. The number of hydrogen-bond donors (Lipinski definition) is 0. The van der Waals surface area contributed by atoms with Crippen LogP contribution in [-0.4, -0.2) is 48.9 Å². The summed E-state index contributed by atoms with van der Waals surface area (Å²) >= 11 is 0. The first kappa shape index (κ1) is 26.4. The largest absolute Gasteiger partial charge is 0.491 e. The average Bonchev–Trinajstić information content (AvgIpc) is 2.95. The van der Waals surface area contributed by atoms with Gasteiger partial charge in [0, 0.05) is 25.3 Å². The van der Waals surface area contributed by atoms with Gasteiger partial charge in [-0.2, -0.15) is 0 Å². The molecule has 1 amide bonds. The highest BCUT2D eigenvalue weighted by atomic mass is 16.6. The Morgan fingerprint density at radius 2 is 1.49 bits per heavy atom. The zero-order valence-electron chi connectivity index (χ0n) is 22.9. The van der Waals surface area contributed by atoms with Gasteiger partial charge in [0.2, 0.25) is 0 Å². The first-order valence-electron chi connectivity index (χ1n) is 13.5. The number of carbonyl (C=O) groups is 1. The number of carbonyl (C=O) groups excluding carboxylic acids is 1. The van der Waals surface area contributed by atoms with Gasteiger partial charge in [-0.15, -0.1) is 0 Å². The second-order valence-electron chi connectivity index (χ2n) is 10.9. The van der Waals surface area contributed by atoms with Crippen molar-refractivity contribution in [1.82, 2.24) is 4.90 Å². The van der Waals surface area contributed by atoms with Crippen molar-refractivity contribution in [2.45, 2.75) is 39.0 Å². The summed E-state index contributed by atoms with van der Waals surface area (Å²) in [6, 6.07) is 32.6. The fraction of sp³-hybridized carbons (Fsp3) is 0.303. The molecule has 0 saturated carbocycles. The van der Waals surface area contributed by atoms with Crippen LogP contribution in [0.4, 0.5) is 10.5 Å². The highest BCUT2D eigenvalue weighted by Gasteiger charge is 2.32. The van der Waals surface area contributed by atoms with Crippen LogP contribution in [0.5, 0.6) is 11.5 Å². The molecule has 1 atom stereocenters. The van der Waals surface area contributed by atoms with E-state index in [2.05, 4.69) is 53.4 Å². The number of amides is 1. The van der Waals surface area contributed by atoms with Gasteiger partial charge in [-0.25, -0.2) is 4.79 Å². The summed E-state index contributed by atoms with van der Waals surface area (Å²) < 4.78 is 18.0. The van der Waals surface area contributed by atoms with Crippen molar-refractivity contribution in [2.75, 3.05) is 31.1 Å². The maximum Gasteiger partial charge on any atom is 0.410 e. The summed E-state index contributed by atoms with van der Waals surface area (Å²) in [7, 11) is 0. The van der Waals surface area contributed by atoms with Gasteiger partial charge in [-0.05, 0) is 73.5 Å². The van der Waals surface area contributed by atoms with Crippen LogP contribution >= 0.6 is 0 Å². The molecule has 1 heterocycles. The molecule has 0 aromatic heterocycles. The number of piperazine rings is 1. The lowest BCUT2D eigenvalue weighted by atomic mass is 10.1. The predicted octanol–water partition coefficient (Wildman–Crippen LogP) is 6.92. The molecule has 0 bridgehead atoms. The topological polar surface area (TPSA) is 51.2 Å². The Morgan fingerprint density at radius 1 is 0.795 bits per heavy atom. The minimum atomic E-state index is -0.541. The summed E-state index contributed by atoms with van der Waals surface area (Å²) in [5, 5.41) is 2.31. The standard InChI is InChI=1S/C33H36N2O4/c1-33(2,3)39-32(36)34-19-20-35(28-14-17-30(18-15-28)37-23-25-9-5-4-6-10-25)29(22-34)24-38-31-16-13-26-11-7-8-12-27(26)21-31/h4-18,21,29H,19-20,22-24H2,1-3H3. The van der Waals surface area contributed by atoms with Gasteiger partial charge in [0.1, 0.15) is 30.3 Å². The summed E-state index contributed by atoms with van der Waals surface area (Å²) in [6.07, 6.45) is -0.289. The van der Waals surface area contributed by atoms with E-state index < -0.39 is 5.60 Å². The average molecular weight is 525 g/mol. The Labute approximate surface area is 230 Å². The van der Waals surface area contributed by atoms with Crippen molar-refractivity contribution in [2.24, 2.45) is 0 Å². The molecule has 4 aromatic carbocycles. The Morgan fingerprint density at radius 3 is 2.23 bits per heavy atom. The van der Waals surface area contributed by atoms with Gasteiger partial charge in [0.15, 0.2) is 0 Å². The lowest BCUT2D eigenvalue weighted by molar-refractivity contribution is 0.0201. The molecule has 202 valence electrons. The van der Waals surface area contributed by atoms with Crippen LogP contribution in [0.2, 0.25) is 0 Å². The zero-order valence-corrected chi connectivity index (χ0v) is 22.9. The first-order chi connectivity index (χ1) is 18.8. The van der Waals surface area contributed by atoms with E-state index >= 15 is 0 Å². The van der Waals surface area contributed by atoms with E-state index in [1.54, 1.807) is 4.90 Å². The third-order valence-corrected chi connectivity index (χ3v) is 6.71. The second-order valence-corrected chi connectivity index (χ2v) is 10.9. The number of fused-ring (bicyclic) bond motifs is 1. The van der Waals surface area contributed by atoms with E-state index in [0.29, 0.717) is 32.8 Å². The Kier molecular flexibility index (Phi) is 7.92. The third kappa shape index (κ3) is 7.02. The normalized spacial score (nSPS) is 15.7. The molecule has 1 saturated heterocycles. The van der Waals surface area contributed by atoms with Crippen molar-refractivity contribution in [3.63, 3.8) is 0 Å². The summed E-state index contributed by atoms with van der Waals surface area (Å²) in [5.41, 5.74) is 1.66. The number of ether oxygens (including phenoxy) is 3. The molecule has 5 rings (SSSR count). The Hall–Kier alpha value is -4.19. The lowest BCUT2D eigenvalue weighted by Gasteiger charge is -2.42. The van der Waals surface area contributed by atoms with Crippen molar-refractivity contribution in [3.8, 4) is 11.5 Å². The molecule has 1 unspecified atom stereocenters. The van der Waals surface area contributed by atoms with E-state index in [1.807, 2.05) is 69.3 Å². The molecule has 1 aliphatic rings. The lowest BCUT2D eigenvalue weighted by Crippen LogP contribution is -2.57. The van der Waals surface area contributed by atoms with Crippen molar-refractivity contribution in [3.05, 3.63) is 103 Å². The highest BCUT2D eigenvalue weighted by molar-refractivity contribution is 5.83. The van der Waals surface area contributed by atoms with Crippen LogP contribution in [0, 0.1) is 0 Å². The van der Waals surface area contributed by atoms with Crippen molar-refractivity contribution < 1.29 is 19.0 Å². The maximum atomic E-state index is 12.9. The van der Waals surface area contributed by atoms with Crippen molar-refractivity contribution in [1.29, 1.82) is 0 Å². The van der Waals surface area contributed by atoms with Gasteiger partial charge >= 0.3 is 6.09 Å². The van der Waals surface area contributed by atoms with Gasteiger partial charge in [-0.3, -0.25) is 0 Å². The molecule has 0 N–H and O–H groups in total. The molecule has 0 aliphatic carbocycles. The molecular formula is C33H36N2O4. The minimum Gasteiger partial charge on any atom is -0.491 e. The van der Waals surface area contributed by atoms with Crippen LogP contribution in [-0.2, 0) is 11.3 Å². The van der Waals surface area contributed by atoms with Crippen LogP contribution in [0.1, 0.15) is 26.3 Å². The summed E-state index contributed by atoms with van der Waals surface area (Å²) in [5.74, 6) is 1.63. The number of rotatable bonds is 7. The highest BCUT2D eigenvalue weighted by Crippen LogP contribution is 2.27. The molecule has 6 nitrogen and oxygen atoms in total. The van der Waals surface area contributed by atoms with Gasteiger partial charge in [-0.1, -0.05) is 60.7 Å². The number of anilines is 1. The Balaban J connectivity index is 1.29. The molecule has 39 heavy (non-hydrogen) atoms. The molecular weight excluding hydrogens is 488 g/mol. The minimum absolute atomic E-state index is 0.0474. The molecule has 0 spiro atoms. The molecule has 1 fully saturated rings. The van der Waals surface area contributed by atoms with Gasteiger partial charge in [0.05, 0.1) is 6.04 Å². The number of nitrogens with zero attached hydrogens (tertiary/aromatic N) is 2. The smallest absolute Gasteiger partial charge is 0.410 e. The van der Waals surface area contributed by atoms with E-state index in [-0.39, 0.29) is 12.1 Å². The van der Waals surface area contributed by atoms with E-state index in [9.17, 15) is 4.79 Å². The first-order valence-corrected chi connectivity index (χ1v) is 13.5. The van der Waals surface area contributed by atoms with E-state index in [4.69, 9.17) is 14.2 Å². The van der Waals surface area contributed by atoms with E-state index in [1.165, 1.54) is 5.39 Å². The van der Waals surface area contributed by atoms with E-state index in [0.717, 1.165) is 28.1 Å². The monoisotopic (exact) mass is 524 g/mol. The SMILES string of the molecule is CC(C)(C)OC(=O)N1CCN(c2ccc(OCc3ccccc3)cc2)C(COc2ccc3ccccc3c2)C1. The molecule has 6 heteroatoms. The Bertz CT molecular complexity index is 1380. The van der Waals surface area contributed by atoms with Crippen LogP contribution in [0.25, 0.3) is 10.8 Å². The van der Waals surface area contributed by atoms with Gasteiger partial charge < -0.3 is 24.0 Å². The maximum absolute atomic E-state index is 12.9. The fourth-order valence-corrected chi connectivity index (χ4v) is 4.75. The predicted molar refractivity (Wildman–Crippen MR) is 156 cm³/mol. The fourth-order valence-electron chi connectivity index (χ4n) is 4.75. The number of hydrogen-bond acceptors (Lipinski definition) is 5. The van der Waals surface area contributed by atoms with Crippen LogP contribution in [0.15, 0.2) is 97.1 Å². The van der Waals surface area contributed by atoms with Crippen molar-refractivity contribution >= 4 is 22.6 Å². The molecule has 1 aliphatic heterocycles. The van der Waals surface area contributed by atoms with Gasteiger partial charge in [0.25, 0.3) is 0 Å². The van der Waals surface area contributed by atoms with Crippen LogP contribution < -0.4 is 14.4 Å². The summed E-state index contributed by atoms with van der Waals surface area (Å²) in [4.78, 5) is 17.0. The number of benzene rings is 4. The van der Waals surface area contributed by atoms with Crippen LogP contribution in [0.3, 0.4) is 0 Å². The zero-order chi connectivity index (χ0) is 27.2. The molecule has 0 radical (unpaired) electrons. The quantitative estimate of drug-likeness (QED) is 0.263. The summed E-state index contributed by atoms with van der Waals surface area (Å²) in [6.45, 7) is 8.40. The molecule has 4 aromatic rings. The third-order valence-electron chi connectivity index (χ3n) is 6.71.